The third-order valence-electron chi connectivity index (χ3n) is 3.66. The number of carbonyl (C=O) groups excluding carboxylic acids is 1. The van der Waals surface area contributed by atoms with E-state index in [-0.39, 0.29) is 11.7 Å². The Kier molecular flexibility index (Phi) is 6.23. The van der Waals surface area contributed by atoms with Gasteiger partial charge in [0, 0.05) is 23.6 Å². The summed E-state index contributed by atoms with van der Waals surface area (Å²) in [5.74, 6) is 0.416. The van der Waals surface area contributed by atoms with Crippen molar-refractivity contribution in [2.24, 2.45) is 5.10 Å². The van der Waals surface area contributed by atoms with Gasteiger partial charge >= 0.3 is 0 Å². The number of carbonyl (C=O) groups is 1. The fourth-order valence-corrected chi connectivity index (χ4v) is 3.10. The van der Waals surface area contributed by atoms with Crippen LogP contribution < -0.4 is 15.5 Å². The Balaban J connectivity index is 1.64. The summed E-state index contributed by atoms with van der Waals surface area (Å²) in [6, 6.07) is 12.5. The topological polar surface area (TPSA) is 95.8 Å². The predicted octanol–water partition coefficient (Wildman–Crippen LogP) is 4.32. The molecule has 1 heterocycles. The van der Waals surface area contributed by atoms with Crippen LogP contribution in [0, 0.1) is 0 Å². The Labute approximate surface area is 166 Å². The minimum absolute atomic E-state index is 0.0982. The molecule has 0 atom stereocenters. The summed E-state index contributed by atoms with van der Waals surface area (Å²) in [6.07, 6.45) is 1.63. The molecule has 0 saturated heterocycles. The van der Waals surface area contributed by atoms with Crippen molar-refractivity contribution >= 4 is 34.3 Å². The van der Waals surface area contributed by atoms with Gasteiger partial charge in [-0.05, 0) is 42.8 Å². The van der Waals surface area contributed by atoms with Crippen molar-refractivity contribution in [2.75, 3.05) is 17.3 Å². The molecule has 3 rings (SSSR count). The zero-order valence-electron chi connectivity index (χ0n) is 15.5. The van der Waals surface area contributed by atoms with Gasteiger partial charge in [-0.15, -0.1) is 11.3 Å². The maximum absolute atomic E-state index is 11.1. The van der Waals surface area contributed by atoms with E-state index in [1.807, 2.05) is 36.6 Å². The van der Waals surface area contributed by atoms with E-state index >= 15 is 0 Å². The summed E-state index contributed by atoms with van der Waals surface area (Å²) < 4.78 is 5.36. The highest BCUT2D eigenvalue weighted by Crippen LogP contribution is 2.27. The van der Waals surface area contributed by atoms with Crippen LogP contribution in [0.5, 0.6) is 11.5 Å². The van der Waals surface area contributed by atoms with Gasteiger partial charge in [0.1, 0.15) is 0 Å². The zero-order chi connectivity index (χ0) is 19.9. The molecule has 8 heteroatoms. The molecule has 0 unspecified atom stereocenters. The number of aromatic hydroxyl groups is 1. The number of nitrogens with zero attached hydrogens (tertiary/aromatic N) is 2. The number of thiazole rings is 1. The molecule has 7 nitrogen and oxygen atoms in total. The maximum Gasteiger partial charge on any atom is 0.221 e. The number of hydrogen-bond donors (Lipinski definition) is 3. The monoisotopic (exact) mass is 396 g/mol. The van der Waals surface area contributed by atoms with Gasteiger partial charge in [0.15, 0.2) is 11.5 Å². The Morgan fingerprint density at radius 1 is 1.29 bits per heavy atom. The number of rotatable bonds is 7. The Bertz CT molecular complexity index is 983. The quantitative estimate of drug-likeness (QED) is 0.408. The molecular weight excluding hydrogens is 376 g/mol. The number of nitrogens with one attached hydrogen (secondary N) is 2. The van der Waals surface area contributed by atoms with Gasteiger partial charge in [-0.25, -0.2) is 4.98 Å². The standard InChI is InChI=1S/C20H20N4O3S/c1-3-27-19-10-14(4-9-18(19)26)11-21-24-20-23-17(12-28-20)15-5-7-16(8-6-15)22-13(2)25/h4-12,26H,3H2,1-2H3,(H,22,25)(H,23,24)/b21-11-. The maximum atomic E-state index is 11.1. The van der Waals surface area contributed by atoms with Crippen LogP contribution in [0.1, 0.15) is 19.4 Å². The number of phenolic OH excluding ortho intramolecular Hbond substituents is 1. The van der Waals surface area contributed by atoms with Crippen molar-refractivity contribution in [1.29, 1.82) is 0 Å². The highest BCUT2D eigenvalue weighted by molar-refractivity contribution is 7.14. The van der Waals surface area contributed by atoms with Crippen LogP contribution in [-0.2, 0) is 4.79 Å². The van der Waals surface area contributed by atoms with E-state index in [4.69, 9.17) is 4.74 Å². The van der Waals surface area contributed by atoms with Crippen molar-refractivity contribution in [3.63, 3.8) is 0 Å². The summed E-state index contributed by atoms with van der Waals surface area (Å²) in [5.41, 5.74) is 6.21. The Morgan fingerprint density at radius 2 is 2.07 bits per heavy atom. The molecule has 0 aliphatic heterocycles. The van der Waals surface area contributed by atoms with E-state index in [1.54, 1.807) is 24.4 Å². The second-order valence-corrected chi connectivity index (χ2v) is 6.68. The first-order chi connectivity index (χ1) is 13.5. The van der Waals surface area contributed by atoms with Crippen molar-refractivity contribution < 1.29 is 14.6 Å². The molecule has 3 N–H and O–H groups in total. The van der Waals surface area contributed by atoms with Crippen LogP contribution in [0.2, 0.25) is 0 Å². The molecule has 0 bridgehead atoms. The normalized spacial score (nSPS) is 10.8. The van der Waals surface area contributed by atoms with E-state index < -0.39 is 0 Å². The number of hydrogen-bond acceptors (Lipinski definition) is 7. The third-order valence-corrected chi connectivity index (χ3v) is 4.41. The van der Waals surface area contributed by atoms with Crippen LogP contribution >= 0.6 is 11.3 Å². The molecule has 2 aromatic carbocycles. The molecule has 0 aliphatic carbocycles. The molecule has 0 fully saturated rings. The summed E-state index contributed by atoms with van der Waals surface area (Å²) in [7, 11) is 0. The van der Waals surface area contributed by atoms with Crippen LogP contribution in [-0.4, -0.2) is 28.8 Å². The first-order valence-corrected chi connectivity index (χ1v) is 9.51. The van der Waals surface area contributed by atoms with Gasteiger partial charge < -0.3 is 15.2 Å². The second-order valence-electron chi connectivity index (χ2n) is 5.83. The lowest BCUT2D eigenvalue weighted by atomic mass is 10.1. The third kappa shape index (κ3) is 5.08. The van der Waals surface area contributed by atoms with Gasteiger partial charge in [0.2, 0.25) is 11.0 Å². The van der Waals surface area contributed by atoms with Crippen LogP contribution in [0.3, 0.4) is 0 Å². The molecule has 0 radical (unpaired) electrons. The lowest BCUT2D eigenvalue weighted by Crippen LogP contribution is -2.05. The summed E-state index contributed by atoms with van der Waals surface area (Å²) in [4.78, 5) is 15.6. The number of phenols is 1. The second kappa shape index (κ2) is 9.01. The van der Waals surface area contributed by atoms with Crippen molar-refractivity contribution in [3.05, 3.63) is 53.4 Å². The van der Waals surface area contributed by atoms with E-state index in [0.29, 0.717) is 17.5 Å². The molecule has 1 aromatic heterocycles. The summed E-state index contributed by atoms with van der Waals surface area (Å²) in [6.45, 7) is 3.80. The van der Waals surface area contributed by atoms with Gasteiger partial charge in [0.25, 0.3) is 0 Å². The molecule has 0 saturated carbocycles. The minimum Gasteiger partial charge on any atom is -0.504 e. The van der Waals surface area contributed by atoms with Crippen LogP contribution in [0.15, 0.2) is 52.9 Å². The smallest absolute Gasteiger partial charge is 0.221 e. The van der Waals surface area contributed by atoms with E-state index in [9.17, 15) is 9.90 Å². The van der Waals surface area contributed by atoms with Crippen LogP contribution in [0.25, 0.3) is 11.3 Å². The number of hydrazone groups is 1. The highest BCUT2D eigenvalue weighted by atomic mass is 32.1. The van der Waals surface area contributed by atoms with Crippen molar-refractivity contribution in [2.45, 2.75) is 13.8 Å². The molecule has 3 aromatic rings. The molecule has 1 amide bonds. The fourth-order valence-electron chi connectivity index (χ4n) is 2.43. The molecule has 0 spiro atoms. The van der Waals surface area contributed by atoms with Crippen molar-refractivity contribution in [3.8, 4) is 22.8 Å². The Morgan fingerprint density at radius 3 is 2.79 bits per heavy atom. The van der Waals surface area contributed by atoms with Crippen molar-refractivity contribution in [1.82, 2.24) is 4.98 Å². The number of amides is 1. The first-order valence-electron chi connectivity index (χ1n) is 8.63. The summed E-state index contributed by atoms with van der Waals surface area (Å²) >= 11 is 1.44. The number of benzene rings is 2. The van der Waals surface area contributed by atoms with Gasteiger partial charge in [-0.3, -0.25) is 10.2 Å². The highest BCUT2D eigenvalue weighted by Gasteiger charge is 2.05. The fraction of sp³-hybridized carbons (Fsp3) is 0.150. The molecule has 144 valence electrons. The van der Waals surface area contributed by atoms with Gasteiger partial charge in [-0.2, -0.15) is 5.10 Å². The minimum atomic E-state index is -0.104. The van der Waals surface area contributed by atoms with E-state index in [0.717, 1.165) is 22.5 Å². The summed E-state index contributed by atoms with van der Waals surface area (Å²) in [5, 5.41) is 19.2. The van der Waals surface area contributed by atoms with Gasteiger partial charge in [-0.1, -0.05) is 12.1 Å². The number of anilines is 2. The average molecular weight is 396 g/mol. The SMILES string of the molecule is CCOc1cc(/C=N\Nc2nc(-c3ccc(NC(C)=O)cc3)cs2)ccc1O. The lowest BCUT2D eigenvalue weighted by molar-refractivity contribution is -0.114. The van der Waals surface area contributed by atoms with E-state index in [2.05, 4.69) is 20.8 Å². The predicted molar refractivity (Wildman–Crippen MR) is 112 cm³/mol. The Hall–Kier alpha value is -3.39. The van der Waals surface area contributed by atoms with E-state index in [1.165, 1.54) is 18.3 Å². The average Bonchev–Trinajstić information content (AvgIpc) is 3.13. The lowest BCUT2D eigenvalue weighted by Gasteiger charge is -2.05. The number of ether oxygens (including phenoxy) is 1. The molecular formula is C20H20N4O3S. The zero-order valence-corrected chi connectivity index (χ0v) is 16.3. The first kappa shape index (κ1) is 19.4. The van der Waals surface area contributed by atoms with Gasteiger partial charge in [0.05, 0.1) is 18.5 Å². The number of aromatic nitrogens is 1. The largest absolute Gasteiger partial charge is 0.504 e. The van der Waals surface area contributed by atoms with Crippen LogP contribution in [0.4, 0.5) is 10.8 Å². The molecule has 28 heavy (non-hydrogen) atoms. The molecule has 0 aliphatic rings.